The van der Waals surface area contributed by atoms with Crippen molar-refractivity contribution >= 4 is 15.7 Å². The number of para-hydroxylation sites is 1. The highest BCUT2D eigenvalue weighted by Crippen LogP contribution is 2.21. The first-order valence-electron chi connectivity index (χ1n) is 5.86. The van der Waals surface area contributed by atoms with Gasteiger partial charge < -0.3 is 5.32 Å². The van der Waals surface area contributed by atoms with Crippen LogP contribution in [0.5, 0.6) is 0 Å². The minimum atomic E-state index is -3.41. The molecule has 1 atom stereocenters. The third-order valence-electron chi connectivity index (χ3n) is 2.53. The van der Waals surface area contributed by atoms with Crippen molar-refractivity contribution in [2.24, 2.45) is 0 Å². The van der Waals surface area contributed by atoms with E-state index in [2.05, 4.69) is 17.0 Å². The molecule has 17 heavy (non-hydrogen) atoms. The van der Waals surface area contributed by atoms with Crippen molar-refractivity contribution in [1.82, 2.24) is 4.72 Å². The normalized spacial score (nSPS) is 13.4. The largest absolute Gasteiger partial charge is 0.382 e. The summed E-state index contributed by atoms with van der Waals surface area (Å²) in [5, 5.41) is 3.21. The molecule has 5 heteroatoms. The predicted octanol–water partition coefficient (Wildman–Crippen LogP) is 2.20. The summed E-state index contributed by atoms with van der Waals surface area (Å²) in [4.78, 5) is 0.308. The van der Waals surface area contributed by atoms with Gasteiger partial charge in [-0.2, -0.15) is 0 Å². The standard InChI is InChI=1S/C12H20N2O2S/c1-4-10(3)14-11-8-6-7-9-12(11)17(15,16)13-5-2/h6-10,13-14H,4-5H2,1-3H3. The van der Waals surface area contributed by atoms with E-state index in [1.807, 2.05) is 13.0 Å². The van der Waals surface area contributed by atoms with Crippen molar-refractivity contribution in [3.8, 4) is 0 Å². The summed E-state index contributed by atoms with van der Waals surface area (Å²) in [6.07, 6.45) is 0.940. The van der Waals surface area contributed by atoms with E-state index in [0.717, 1.165) is 6.42 Å². The Morgan fingerprint density at radius 1 is 1.24 bits per heavy atom. The highest BCUT2D eigenvalue weighted by atomic mass is 32.2. The van der Waals surface area contributed by atoms with Gasteiger partial charge in [-0.05, 0) is 25.5 Å². The molecule has 1 aromatic carbocycles. The SMILES string of the molecule is CCNS(=O)(=O)c1ccccc1NC(C)CC. The van der Waals surface area contributed by atoms with Crippen molar-refractivity contribution in [3.05, 3.63) is 24.3 Å². The third kappa shape index (κ3) is 3.71. The molecule has 1 unspecified atom stereocenters. The van der Waals surface area contributed by atoms with Crippen LogP contribution in [0.2, 0.25) is 0 Å². The monoisotopic (exact) mass is 256 g/mol. The third-order valence-corrected chi connectivity index (χ3v) is 4.13. The smallest absolute Gasteiger partial charge is 0.242 e. The van der Waals surface area contributed by atoms with E-state index in [9.17, 15) is 8.42 Å². The Hall–Kier alpha value is -1.07. The Bertz CT molecular complexity index is 457. The van der Waals surface area contributed by atoms with Gasteiger partial charge >= 0.3 is 0 Å². The number of benzene rings is 1. The molecular weight excluding hydrogens is 236 g/mol. The molecule has 0 radical (unpaired) electrons. The lowest BCUT2D eigenvalue weighted by Gasteiger charge is -2.16. The van der Waals surface area contributed by atoms with Crippen LogP contribution in [-0.4, -0.2) is 21.0 Å². The Labute approximate surface area is 103 Å². The highest BCUT2D eigenvalue weighted by Gasteiger charge is 2.17. The van der Waals surface area contributed by atoms with Gasteiger partial charge in [0.15, 0.2) is 0 Å². The fourth-order valence-corrected chi connectivity index (χ4v) is 2.67. The summed E-state index contributed by atoms with van der Waals surface area (Å²) < 4.78 is 26.4. The Balaban J connectivity index is 3.08. The van der Waals surface area contributed by atoms with Crippen molar-refractivity contribution in [2.45, 2.75) is 38.1 Å². The number of sulfonamides is 1. The van der Waals surface area contributed by atoms with Crippen LogP contribution in [-0.2, 0) is 10.0 Å². The van der Waals surface area contributed by atoms with Gasteiger partial charge in [0.1, 0.15) is 4.90 Å². The van der Waals surface area contributed by atoms with Crippen LogP contribution in [0.4, 0.5) is 5.69 Å². The maximum Gasteiger partial charge on any atom is 0.242 e. The van der Waals surface area contributed by atoms with E-state index in [1.165, 1.54) is 0 Å². The lowest BCUT2D eigenvalue weighted by molar-refractivity contribution is 0.584. The minimum absolute atomic E-state index is 0.243. The zero-order chi connectivity index (χ0) is 12.9. The maximum absolute atomic E-state index is 12.0. The molecule has 0 aliphatic carbocycles. The molecule has 1 aromatic rings. The highest BCUT2D eigenvalue weighted by molar-refractivity contribution is 7.89. The molecular formula is C12H20N2O2S. The van der Waals surface area contributed by atoms with Crippen LogP contribution in [0.25, 0.3) is 0 Å². The van der Waals surface area contributed by atoms with Crippen LogP contribution in [0, 0.1) is 0 Å². The molecule has 0 saturated carbocycles. The van der Waals surface area contributed by atoms with Crippen LogP contribution >= 0.6 is 0 Å². The molecule has 0 saturated heterocycles. The van der Waals surface area contributed by atoms with Crippen LogP contribution in [0.15, 0.2) is 29.2 Å². The van der Waals surface area contributed by atoms with Gasteiger partial charge in [-0.25, -0.2) is 13.1 Å². The first-order chi connectivity index (χ1) is 8.01. The molecule has 0 aromatic heterocycles. The van der Waals surface area contributed by atoms with Crippen LogP contribution < -0.4 is 10.0 Å². The number of hydrogen-bond acceptors (Lipinski definition) is 3. The predicted molar refractivity (Wildman–Crippen MR) is 70.7 cm³/mol. The van der Waals surface area contributed by atoms with Gasteiger partial charge in [0.25, 0.3) is 0 Å². The Morgan fingerprint density at radius 2 is 1.88 bits per heavy atom. The van der Waals surface area contributed by atoms with Crippen molar-refractivity contribution < 1.29 is 8.42 Å². The first-order valence-corrected chi connectivity index (χ1v) is 7.34. The maximum atomic E-state index is 12.0. The molecule has 0 amide bonds. The summed E-state index contributed by atoms with van der Waals surface area (Å²) in [7, 11) is -3.41. The topological polar surface area (TPSA) is 58.2 Å². The Morgan fingerprint density at radius 3 is 2.47 bits per heavy atom. The van der Waals surface area contributed by atoms with Gasteiger partial charge in [-0.3, -0.25) is 0 Å². The number of rotatable bonds is 6. The van der Waals surface area contributed by atoms with Crippen LogP contribution in [0.3, 0.4) is 0 Å². The summed E-state index contributed by atoms with van der Waals surface area (Å²) in [5.41, 5.74) is 0.655. The summed E-state index contributed by atoms with van der Waals surface area (Å²) in [6, 6.07) is 7.20. The van der Waals surface area contributed by atoms with E-state index in [4.69, 9.17) is 0 Å². The average Bonchev–Trinajstić information content (AvgIpc) is 2.29. The van der Waals surface area contributed by atoms with E-state index in [1.54, 1.807) is 25.1 Å². The lowest BCUT2D eigenvalue weighted by Crippen LogP contribution is -2.25. The molecule has 0 bridgehead atoms. The summed E-state index contributed by atoms with van der Waals surface area (Å²) >= 11 is 0. The zero-order valence-corrected chi connectivity index (χ0v) is 11.3. The van der Waals surface area contributed by atoms with Gasteiger partial charge in [0.05, 0.1) is 5.69 Å². The van der Waals surface area contributed by atoms with Gasteiger partial charge in [0.2, 0.25) is 10.0 Å². The zero-order valence-electron chi connectivity index (χ0n) is 10.5. The second-order valence-corrected chi connectivity index (χ2v) is 5.69. The Kier molecular flexibility index (Phi) is 4.96. The molecule has 0 aliphatic heterocycles. The molecule has 96 valence electrons. The average molecular weight is 256 g/mol. The summed E-state index contributed by atoms with van der Waals surface area (Å²) in [6.45, 7) is 6.23. The molecule has 0 heterocycles. The quantitative estimate of drug-likeness (QED) is 0.820. The van der Waals surface area contributed by atoms with E-state index in [-0.39, 0.29) is 6.04 Å². The van der Waals surface area contributed by atoms with Gasteiger partial charge in [-0.1, -0.05) is 26.0 Å². The molecule has 4 nitrogen and oxygen atoms in total. The molecule has 1 rings (SSSR count). The van der Waals surface area contributed by atoms with Gasteiger partial charge in [0, 0.05) is 12.6 Å². The second-order valence-electron chi connectivity index (χ2n) is 3.95. The molecule has 0 spiro atoms. The first kappa shape index (κ1) is 14.0. The van der Waals surface area contributed by atoms with Crippen molar-refractivity contribution in [1.29, 1.82) is 0 Å². The minimum Gasteiger partial charge on any atom is -0.382 e. The van der Waals surface area contributed by atoms with E-state index >= 15 is 0 Å². The number of nitrogens with one attached hydrogen (secondary N) is 2. The van der Waals surface area contributed by atoms with Crippen molar-refractivity contribution in [3.63, 3.8) is 0 Å². The fraction of sp³-hybridized carbons (Fsp3) is 0.500. The molecule has 2 N–H and O–H groups in total. The number of hydrogen-bond donors (Lipinski definition) is 2. The van der Waals surface area contributed by atoms with E-state index < -0.39 is 10.0 Å². The summed E-state index contributed by atoms with van der Waals surface area (Å²) in [5.74, 6) is 0. The second kappa shape index (κ2) is 6.02. The van der Waals surface area contributed by atoms with Gasteiger partial charge in [-0.15, -0.1) is 0 Å². The van der Waals surface area contributed by atoms with E-state index in [0.29, 0.717) is 17.1 Å². The molecule has 0 fully saturated rings. The van der Waals surface area contributed by atoms with Crippen molar-refractivity contribution in [2.75, 3.05) is 11.9 Å². The fourth-order valence-electron chi connectivity index (χ4n) is 1.46. The lowest BCUT2D eigenvalue weighted by atomic mass is 10.2. The number of anilines is 1. The molecule has 0 aliphatic rings. The van der Waals surface area contributed by atoms with Crippen LogP contribution in [0.1, 0.15) is 27.2 Å².